The second-order valence-electron chi connectivity index (χ2n) is 4.13. The number of H-pyrrole nitrogens is 1. The zero-order valence-corrected chi connectivity index (χ0v) is 10.1. The number of aromatic amines is 1. The van der Waals surface area contributed by atoms with Gasteiger partial charge in [0.2, 0.25) is 5.91 Å². The highest BCUT2D eigenvalue weighted by Gasteiger charge is 2.00. The molecule has 88 valence electrons. The molecule has 0 aliphatic carbocycles. The highest BCUT2D eigenvalue weighted by atomic mass is 16.1. The number of hydrogen-bond donors (Lipinski definition) is 2. The van der Waals surface area contributed by atoms with E-state index in [1.54, 1.807) is 0 Å². The van der Waals surface area contributed by atoms with Crippen molar-refractivity contribution in [1.82, 2.24) is 10.3 Å². The molecule has 17 heavy (non-hydrogen) atoms. The predicted octanol–water partition coefficient (Wildman–Crippen LogP) is 2.63. The number of rotatable bonds is 3. The molecule has 2 N–H and O–H groups in total. The molecular weight excluding hydrogens is 212 g/mol. The summed E-state index contributed by atoms with van der Waals surface area (Å²) in [5, 5.41) is 3.94. The van der Waals surface area contributed by atoms with E-state index < -0.39 is 0 Å². The van der Waals surface area contributed by atoms with Gasteiger partial charge in [0.25, 0.3) is 0 Å². The lowest BCUT2D eigenvalue weighted by Crippen LogP contribution is -2.19. The Hall–Kier alpha value is -2.03. The highest BCUT2D eigenvalue weighted by Crippen LogP contribution is 2.20. The van der Waals surface area contributed by atoms with Crippen molar-refractivity contribution >= 4 is 22.9 Å². The van der Waals surface area contributed by atoms with Crippen LogP contribution in [-0.2, 0) is 4.79 Å². The van der Waals surface area contributed by atoms with E-state index in [1.807, 2.05) is 18.3 Å². The van der Waals surface area contributed by atoms with Crippen LogP contribution in [0.15, 0.2) is 30.5 Å². The van der Waals surface area contributed by atoms with E-state index in [-0.39, 0.29) is 5.91 Å². The second-order valence-corrected chi connectivity index (χ2v) is 4.13. The van der Waals surface area contributed by atoms with E-state index >= 15 is 0 Å². The predicted molar refractivity (Wildman–Crippen MR) is 70.8 cm³/mol. The third kappa shape index (κ3) is 2.75. The standard InChI is InChI=1S/C14H16N2O/c1-10-5-6-14-13(8-10)12(9-16-14)4-3-7-15-11(2)17/h3-6,8-9,16H,7H2,1-2H3,(H,15,17). The van der Waals surface area contributed by atoms with E-state index in [4.69, 9.17) is 0 Å². The maximum absolute atomic E-state index is 10.7. The summed E-state index contributed by atoms with van der Waals surface area (Å²) >= 11 is 0. The van der Waals surface area contributed by atoms with Crippen LogP contribution in [0.4, 0.5) is 0 Å². The number of fused-ring (bicyclic) bond motifs is 1. The first-order valence-electron chi connectivity index (χ1n) is 5.65. The Kier molecular flexibility index (Phi) is 3.28. The fourth-order valence-corrected chi connectivity index (χ4v) is 1.78. The van der Waals surface area contributed by atoms with Crippen LogP contribution in [0, 0.1) is 6.92 Å². The number of aryl methyl sites for hydroxylation is 1. The first kappa shape index (κ1) is 11.5. The van der Waals surface area contributed by atoms with E-state index in [0.29, 0.717) is 6.54 Å². The molecule has 0 atom stereocenters. The average molecular weight is 228 g/mol. The Morgan fingerprint density at radius 1 is 1.47 bits per heavy atom. The molecule has 3 heteroatoms. The fourth-order valence-electron chi connectivity index (χ4n) is 1.78. The van der Waals surface area contributed by atoms with Crippen molar-refractivity contribution in [1.29, 1.82) is 0 Å². The number of carbonyl (C=O) groups is 1. The number of carbonyl (C=O) groups excluding carboxylic acids is 1. The molecule has 0 bridgehead atoms. The van der Waals surface area contributed by atoms with Gasteiger partial charge in [0.1, 0.15) is 0 Å². The van der Waals surface area contributed by atoms with Crippen molar-refractivity contribution in [3.05, 3.63) is 41.6 Å². The van der Waals surface area contributed by atoms with Gasteiger partial charge in [-0.05, 0) is 24.6 Å². The van der Waals surface area contributed by atoms with E-state index in [1.165, 1.54) is 17.9 Å². The first-order chi connectivity index (χ1) is 8.16. The van der Waals surface area contributed by atoms with Crippen molar-refractivity contribution in [2.75, 3.05) is 6.54 Å². The third-order valence-corrected chi connectivity index (χ3v) is 2.64. The zero-order valence-electron chi connectivity index (χ0n) is 10.1. The van der Waals surface area contributed by atoms with Crippen LogP contribution in [0.5, 0.6) is 0 Å². The summed E-state index contributed by atoms with van der Waals surface area (Å²) in [6.07, 6.45) is 5.95. The molecule has 1 amide bonds. The average Bonchev–Trinajstić information content (AvgIpc) is 2.67. The normalized spacial score (nSPS) is 11.2. The van der Waals surface area contributed by atoms with Gasteiger partial charge in [-0.2, -0.15) is 0 Å². The van der Waals surface area contributed by atoms with Crippen molar-refractivity contribution in [3.8, 4) is 0 Å². The zero-order chi connectivity index (χ0) is 12.3. The van der Waals surface area contributed by atoms with Gasteiger partial charge in [0, 0.05) is 30.6 Å². The fraction of sp³-hybridized carbons (Fsp3) is 0.214. The molecule has 3 nitrogen and oxygen atoms in total. The number of aromatic nitrogens is 1. The molecule has 2 rings (SSSR count). The molecule has 0 aliphatic rings. The van der Waals surface area contributed by atoms with Gasteiger partial charge in [-0.15, -0.1) is 0 Å². The van der Waals surface area contributed by atoms with Crippen molar-refractivity contribution < 1.29 is 4.79 Å². The van der Waals surface area contributed by atoms with Crippen molar-refractivity contribution in [2.24, 2.45) is 0 Å². The lowest BCUT2D eigenvalue weighted by molar-refractivity contribution is -0.118. The minimum atomic E-state index is -0.00980. The smallest absolute Gasteiger partial charge is 0.217 e. The summed E-state index contributed by atoms with van der Waals surface area (Å²) in [5.41, 5.74) is 3.53. The van der Waals surface area contributed by atoms with Gasteiger partial charge >= 0.3 is 0 Å². The molecule has 0 saturated carbocycles. The Labute approximate surface area is 101 Å². The van der Waals surface area contributed by atoms with Gasteiger partial charge < -0.3 is 10.3 Å². The van der Waals surface area contributed by atoms with E-state index in [2.05, 4.69) is 35.4 Å². The molecule has 0 unspecified atom stereocenters. The van der Waals surface area contributed by atoms with Gasteiger partial charge in [-0.3, -0.25) is 4.79 Å². The number of amides is 1. The van der Waals surface area contributed by atoms with E-state index in [0.717, 1.165) is 11.1 Å². The van der Waals surface area contributed by atoms with Crippen LogP contribution < -0.4 is 5.32 Å². The summed E-state index contributed by atoms with van der Waals surface area (Å²) < 4.78 is 0. The lowest BCUT2D eigenvalue weighted by Gasteiger charge is -1.96. The maximum Gasteiger partial charge on any atom is 0.217 e. The largest absolute Gasteiger partial charge is 0.361 e. The van der Waals surface area contributed by atoms with Crippen molar-refractivity contribution in [2.45, 2.75) is 13.8 Å². The van der Waals surface area contributed by atoms with Crippen LogP contribution in [0.25, 0.3) is 17.0 Å². The summed E-state index contributed by atoms with van der Waals surface area (Å²) in [6.45, 7) is 4.16. The molecule has 1 aromatic heterocycles. The van der Waals surface area contributed by atoms with Crippen LogP contribution in [-0.4, -0.2) is 17.4 Å². The van der Waals surface area contributed by atoms with Crippen LogP contribution >= 0.6 is 0 Å². The molecular formula is C14H16N2O. The molecule has 0 aliphatic heterocycles. The van der Waals surface area contributed by atoms with Gasteiger partial charge in [-0.1, -0.05) is 23.8 Å². The maximum atomic E-state index is 10.7. The Bertz CT molecular complexity index is 567. The molecule has 0 radical (unpaired) electrons. The van der Waals surface area contributed by atoms with Gasteiger partial charge in [0.15, 0.2) is 0 Å². The van der Waals surface area contributed by atoms with E-state index in [9.17, 15) is 4.79 Å². The Morgan fingerprint density at radius 2 is 2.29 bits per heavy atom. The monoisotopic (exact) mass is 228 g/mol. The summed E-state index contributed by atoms with van der Waals surface area (Å²) in [5.74, 6) is -0.00980. The van der Waals surface area contributed by atoms with Crippen LogP contribution in [0.2, 0.25) is 0 Å². The first-order valence-corrected chi connectivity index (χ1v) is 5.65. The quantitative estimate of drug-likeness (QED) is 0.833. The van der Waals surface area contributed by atoms with Crippen LogP contribution in [0.3, 0.4) is 0 Å². The highest BCUT2D eigenvalue weighted by molar-refractivity contribution is 5.89. The summed E-state index contributed by atoms with van der Waals surface area (Å²) in [6, 6.07) is 6.32. The summed E-state index contributed by atoms with van der Waals surface area (Å²) in [4.78, 5) is 13.9. The SMILES string of the molecule is CC(=O)NCC=Cc1c[nH]c2ccc(C)cc12. The summed E-state index contributed by atoms with van der Waals surface area (Å²) in [7, 11) is 0. The molecule has 1 heterocycles. The van der Waals surface area contributed by atoms with Gasteiger partial charge in [-0.25, -0.2) is 0 Å². The lowest BCUT2D eigenvalue weighted by atomic mass is 10.1. The van der Waals surface area contributed by atoms with Crippen LogP contribution in [0.1, 0.15) is 18.1 Å². The number of benzene rings is 1. The number of hydrogen-bond acceptors (Lipinski definition) is 1. The molecule has 0 fully saturated rings. The number of nitrogens with one attached hydrogen (secondary N) is 2. The van der Waals surface area contributed by atoms with Gasteiger partial charge in [0.05, 0.1) is 0 Å². The molecule has 0 saturated heterocycles. The molecule has 2 aromatic rings. The minimum Gasteiger partial charge on any atom is -0.361 e. The van der Waals surface area contributed by atoms with Crippen molar-refractivity contribution in [3.63, 3.8) is 0 Å². The molecule has 1 aromatic carbocycles. The minimum absolute atomic E-state index is 0.00980. The topological polar surface area (TPSA) is 44.9 Å². The molecule has 0 spiro atoms. The second kappa shape index (κ2) is 4.87. The Morgan fingerprint density at radius 3 is 3.06 bits per heavy atom. The third-order valence-electron chi connectivity index (χ3n) is 2.64. The Balaban J connectivity index is 2.18.